The summed E-state index contributed by atoms with van der Waals surface area (Å²) >= 11 is 12.4. The van der Waals surface area contributed by atoms with Gasteiger partial charge in [-0.15, -0.1) is 0 Å². The quantitative estimate of drug-likeness (QED) is 0.701. The van der Waals surface area contributed by atoms with Crippen molar-refractivity contribution in [3.63, 3.8) is 0 Å². The molecule has 0 radical (unpaired) electrons. The molecule has 28 heavy (non-hydrogen) atoms. The second kappa shape index (κ2) is 8.26. The summed E-state index contributed by atoms with van der Waals surface area (Å²) in [6.07, 6.45) is 1.79. The minimum absolute atomic E-state index is 0.141. The van der Waals surface area contributed by atoms with Crippen LogP contribution in [-0.2, 0) is 16.6 Å². The molecule has 0 bridgehead atoms. The van der Waals surface area contributed by atoms with Crippen LogP contribution in [0.2, 0.25) is 10.0 Å². The second-order valence-electron chi connectivity index (χ2n) is 6.70. The molecule has 1 aliphatic heterocycles. The normalized spacial score (nSPS) is 17.5. The van der Waals surface area contributed by atoms with Crippen molar-refractivity contribution in [1.82, 2.24) is 4.31 Å². The van der Waals surface area contributed by atoms with Crippen LogP contribution in [-0.4, -0.2) is 38.1 Å². The van der Waals surface area contributed by atoms with Crippen molar-refractivity contribution in [1.29, 1.82) is 5.26 Å². The first-order chi connectivity index (χ1) is 13.2. The summed E-state index contributed by atoms with van der Waals surface area (Å²) in [6.45, 7) is 0.991. The molecule has 1 saturated heterocycles. The van der Waals surface area contributed by atoms with E-state index < -0.39 is 15.8 Å². The van der Waals surface area contributed by atoms with Gasteiger partial charge in [-0.25, -0.2) is 17.1 Å². The maximum Gasteiger partial charge on any atom is 0.211 e. The molecule has 0 spiro atoms. The van der Waals surface area contributed by atoms with Gasteiger partial charge in [-0.3, -0.25) is 0 Å². The minimum Gasteiger partial charge on any atom is -0.363 e. The Bertz CT molecular complexity index is 1040. The average molecular weight is 442 g/mol. The molecule has 1 fully saturated rings. The van der Waals surface area contributed by atoms with Gasteiger partial charge >= 0.3 is 0 Å². The first-order valence-corrected chi connectivity index (χ1v) is 11.1. The molecular formula is C19H18Cl2FN3O2S. The summed E-state index contributed by atoms with van der Waals surface area (Å²) in [5, 5.41) is 9.83. The number of halogens is 3. The molecule has 1 atom stereocenters. The summed E-state index contributed by atoms with van der Waals surface area (Å²) in [6, 6.07) is 11.0. The van der Waals surface area contributed by atoms with E-state index in [1.807, 2.05) is 11.0 Å². The van der Waals surface area contributed by atoms with Crippen molar-refractivity contribution in [2.24, 2.45) is 0 Å². The summed E-state index contributed by atoms with van der Waals surface area (Å²) in [5.74, 6) is -0.401. The lowest BCUT2D eigenvalue weighted by Crippen LogP contribution is -2.38. The molecule has 1 unspecified atom stereocenters. The topological polar surface area (TPSA) is 64.4 Å². The van der Waals surface area contributed by atoms with Gasteiger partial charge in [-0.1, -0.05) is 23.2 Å². The van der Waals surface area contributed by atoms with E-state index in [0.29, 0.717) is 46.4 Å². The molecule has 3 rings (SSSR count). The third-order valence-corrected chi connectivity index (χ3v) is 6.74. The monoisotopic (exact) mass is 441 g/mol. The fraction of sp³-hybridized carbons (Fsp3) is 0.316. The van der Waals surface area contributed by atoms with Crippen molar-refractivity contribution < 1.29 is 12.8 Å². The maximum atomic E-state index is 13.7. The lowest BCUT2D eigenvalue weighted by Gasteiger charge is -2.32. The molecule has 2 aromatic carbocycles. The number of nitrogens with zero attached hydrogens (tertiary/aromatic N) is 3. The Morgan fingerprint density at radius 3 is 2.61 bits per heavy atom. The van der Waals surface area contributed by atoms with Gasteiger partial charge in [0.05, 0.1) is 16.8 Å². The van der Waals surface area contributed by atoms with Gasteiger partial charge in [0, 0.05) is 36.4 Å². The summed E-state index contributed by atoms with van der Waals surface area (Å²) in [5.41, 5.74) is 1.64. The van der Waals surface area contributed by atoms with Crippen LogP contribution in [0.5, 0.6) is 0 Å². The second-order valence-corrected chi connectivity index (χ2v) is 9.50. The highest BCUT2D eigenvalue weighted by Gasteiger charge is 2.33. The summed E-state index contributed by atoms with van der Waals surface area (Å²) in [7, 11) is -3.31. The van der Waals surface area contributed by atoms with E-state index in [-0.39, 0.29) is 12.6 Å². The Balaban J connectivity index is 1.98. The van der Waals surface area contributed by atoms with Crippen molar-refractivity contribution in [3.05, 3.63) is 63.4 Å². The molecule has 0 aromatic heterocycles. The standard InChI is InChI=1S/C19H18Cl2FN3O2S/c1-28(26,27)24-7-6-17(12-24)25(11-14-8-15(22)3-5-18(14)20)16-4-2-13(10-23)19(21)9-16/h2-5,8-9,17H,6-7,11-12H2,1H3. The van der Waals surface area contributed by atoms with Gasteiger partial charge in [0.15, 0.2) is 0 Å². The highest BCUT2D eigenvalue weighted by atomic mass is 35.5. The molecule has 1 heterocycles. The molecule has 0 aliphatic carbocycles. The first kappa shape index (κ1) is 20.9. The van der Waals surface area contributed by atoms with Crippen molar-refractivity contribution in [3.8, 4) is 6.07 Å². The third kappa shape index (κ3) is 4.58. The smallest absolute Gasteiger partial charge is 0.211 e. The van der Waals surface area contributed by atoms with E-state index in [1.54, 1.807) is 18.2 Å². The Morgan fingerprint density at radius 1 is 1.25 bits per heavy atom. The fourth-order valence-electron chi connectivity index (χ4n) is 3.32. The number of rotatable bonds is 5. The summed E-state index contributed by atoms with van der Waals surface area (Å²) in [4.78, 5) is 1.96. The predicted octanol–water partition coefficient (Wildman–Crippen LogP) is 4.04. The Kier molecular flexibility index (Phi) is 6.15. The zero-order chi connectivity index (χ0) is 20.5. The molecule has 1 aliphatic rings. The van der Waals surface area contributed by atoms with E-state index in [2.05, 4.69) is 0 Å². The third-order valence-electron chi connectivity index (χ3n) is 4.79. The van der Waals surface area contributed by atoms with Crippen molar-refractivity contribution in [2.75, 3.05) is 24.2 Å². The molecular weight excluding hydrogens is 424 g/mol. The number of hydrogen-bond donors (Lipinski definition) is 0. The number of nitriles is 1. The Morgan fingerprint density at radius 2 is 2.00 bits per heavy atom. The Hall–Kier alpha value is -1.85. The first-order valence-electron chi connectivity index (χ1n) is 8.54. The van der Waals surface area contributed by atoms with Gasteiger partial charge in [0.2, 0.25) is 10.0 Å². The predicted molar refractivity (Wildman–Crippen MR) is 109 cm³/mol. The van der Waals surface area contributed by atoms with Gasteiger partial charge < -0.3 is 4.90 Å². The van der Waals surface area contributed by atoms with Crippen molar-refractivity contribution >= 4 is 38.9 Å². The van der Waals surface area contributed by atoms with E-state index >= 15 is 0 Å². The number of hydrogen-bond acceptors (Lipinski definition) is 4. The maximum absolute atomic E-state index is 13.7. The molecule has 0 N–H and O–H groups in total. The zero-order valence-corrected chi connectivity index (χ0v) is 17.4. The van der Waals surface area contributed by atoms with Crippen LogP contribution in [0.25, 0.3) is 0 Å². The molecule has 0 saturated carbocycles. The number of sulfonamides is 1. The van der Waals surface area contributed by atoms with Crippen LogP contribution in [0.3, 0.4) is 0 Å². The molecule has 2 aromatic rings. The van der Waals surface area contributed by atoms with E-state index in [0.717, 1.165) is 0 Å². The van der Waals surface area contributed by atoms with E-state index in [4.69, 9.17) is 28.5 Å². The zero-order valence-electron chi connectivity index (χ0n) is 15.1. The SMILES string of the molecule is CS(=O)(=O)N1CCC(N(Cc2cc(F)ccc2Cl)c2ccc(C#N)c(Cl)c2)C1. The van der Waals surface area contributed by atoms with Gasteiger partial charge in [-0.2, -0.15) is 5.26 Å². The van der Waals surface area contributed by atoms with Crippen LogP contribution in [0.15, 0.2) is 36.4 Å². The molecule has 0 amide bonds. The highest BCUT2D eigenvalue weighted by molar-refractivity contribution is 7.88. The lowest BCUT2D eigenvalue weighted by molar-refractivity contribution is 0.473. The number of benzene rings is 2. The van der Waals surface area contributed by atoms with Crippen LogP contribution >= 0.6 is 23.2 Å². The summed E-state index contributed by atoms with van der Waals surface area (Å²) < 4.78 is 39.0. The Labute approximate surface area is 173 Å². The van der Waals surface area contributed by atoms with Crippen LogP contribution < -0.4 is 4.90 Å². The van der Waals surface area contributed by atoms with E-state index in [9.17, 15) is 12.8 Å². The largest absolute Gasteiger partial charge is 0.363 e. The molecule has 148 valence electrons. The molecule has 9 heteroatoms. The lowest BCUT2D eigenvalue weighted by atomic mass is 10.1. The van der Waals surface area contributed by atoms with Gasteiger partial charge in [0.25, 0.3) is 0 Å². The van der Waals surface area contributed by atoms with E-state index in [1.165, 1.54) is 28.8 Å². The van der Waals surface area contributed by atoms with Crippen LogP contribution in [0.4, 0.5) is 10.1 Å². The molecule has 5 nitrogen and oxygen atoms in total. The van der Waals surface area contributed by atoms with Crippen LogP contribution in [0, 0.1) is 17.1 Å². The fourth-order valence-corrected chi connectivity index (χ4v) is 4.59. The minimum atomic E-state index is -3.31. The van der Waals surface area contributed by atoms with Crippen molar-refractivity contribution in [2.45, 2.75) is 19.0 Å². The highest BCUT2D eigenvalue weighted by Crippen LogP contribution is 2.31. The van der Waals surface area contributed by atoms with Gasteiger partial charge in [-0.05, 0) is 48.4 Å². The number of anilines is 1. The van der Waals surface area contributed by atoms with Crippen LogP contribution in [0.1, 0.15) is 17.5 Å². The van der Waals surface area contributed by atoms with Gasteiger partial charge in [0.1, 0.15) is 11.9 Å². The average Bonchev–Trinajstić information content (AvgIpc) is 3.12.